The van der Waals surface area contributed by atoms with E-state index in [9.17, 15) is 0 Å². The van der Waals surface area contributed by atoms with Crippen LogP contribution in [-0.4, -0.2) is 4.98 Å². The molecule has 2 aromatic rings. The van der Waals surface area contributed by atoms with Gasteiger partial charge in [-0.25, -0.2) is 0 Å². The van der Waals surface area contributed by atoms with E-state index in [2.05, 4.69) is 41.4 Å². The summed E-state index contributed by atoms with van der Waals surface area (Å²) in [6, 6.07) is 13.1. The second-order valence-electron chi connectivity index (χ2n) is 4.49. The van der Waals surface area contributed by atoms with E-state index in [1.807, 2.05) is 12.4 Å². The van der Waals surface area contributed by atoms with E-state index in [-0.39, 0.29) is 0 Å². The molecule has 1 heterocycles. The molecule has 3 rings (SSSR count). The van der Waals surface area contributed by atoms with Crippen LogP contribution in [0.5, 0.6) is 0 Å². The second-order valence-corrected chi connectivity index (χ2v) is 4.49. The fourth-order valence-electron chi connectivity index (χ4n) is 2.62. The molecule has 0 amide bonds. The molecule has 1 aromatic carbocycles. The molecule has 1 atom stereocenters. The number of rotatable bonds is 1. The SMILES string of the molecule is c1ccc2c(c1)CCC(c1ccncc1)C2. The molecule has 1 aliphatic rings. The van der Waals surface area contributed by atoms with Crippen molar-refractivity contribution in [3.63, 3.8) is 0 Å². The Morgan fingerprint density at radius 1 is 0.938 bits per heavy atom. The van der Waals surface area contributed by atoms with Gasteiger partial charge in [0.15, 0.2) is 0 Å². The predicted molar refractivity (Wildman–Crippen MR) is 65.4 cm³/mol. The zero-order valence-electron chi connectivity index (χ0n) is 9.26. The number of hydrogen-bond acceptors (Lipinski definition) is 1. The summed E-state index contributed by atoms with van der Waals surface area (Å²) in [5, 5.41) is 0. The van der Waals surface area contributed by atoms with Crippen LogP contribution in [0.15, 0.2) is 48.8 Å². The van der Waals surface area contributed by atoms with Gasteiger partial charge in [-0.2, -0.15) is 0 Å². The van der Waals surface area contributed by atoms with Crippen molar-refractivity contribution in [2.45, 2.75) is 25.2 Å². The zero-order valence-corrected chi connectivity index (χ0v) is 9.26. The average molecular weight is 209 g/mol. The lowest BCUT2D eigenvalue weighted by atomic mass is 9.80. The Balaban J connectivity index is 1.89. The Morgan fingerprint density at radius 2 is 1.69 bits per heavy atom. The quantitative estimate of drug-likeness (QED) is 0.702. The predicted octanol–water partition coefficient (Wildman–Crippen LogP) is 3.35. The summed E-state index contributed by atoms with van der Waals surface area (Å²) in [7, 11) is 0. The van der Waals surface area contributed by atoms with Gasteiger partial charge in [0.1, 0.15) is 0 Å². The molecule has 0 spiro atoms. The highest BCUT2D eigenvalue weighted by molar-refractivity contribution is 5.33. The smallest absolute Gasteiger partial charge is 0.0270 e. The molecule has 1 unspecified atom stereocenters. The Bertz CT molecular complexity index is 476. The second kappa shape index (κ2) is 4.09. The van der Waals surface area contributed by atoms with Crippen LogP contribution in [0.1, 0.15) is 29.0 Å². The third-order valence-electron chi connectivity index (χ3n) is 3.52. The molecule has 0 saturated carbocycles. The zero-order chi connectivity index (χ0) is 10.8. The molecule has 1 aliphatic carbocycles. The van der Waals surface area contributed by atoms with E-state index in [0.29, 0.717) is 5.92 Å². The van der Waals surface area contributed by atoms with E-state index >= 15 is 0 Å². The van der Waals surface area contributed by atoms with Gasteiger partial charge in [0.25, 0.3) is 0 Å². The van der Waals surface area contributed by atoms with Gasteiger partial charge in [-0.15, -0.1) is 0 Å². The molecule has 80 valence electrons. The number of pyridine rings is 1. The number of fused-ring (bicyclic) bond motifs is 1. The van der Waals surface area contributed by atoms with Crippen LogP contribution in [-0.2, 0) is 12.8 Å². The van der Waals surface area contributed by atoms with Crippen LogP contribution in [0.2, 0.25) is 0 Å². The summed E-state index contributed by atoms with van der Waals surface area (Å²) < 4.78 is 0. The minimum atomic E-state index is 0.679. The van der Waals surface area contributed by atoms with E-state index < -0.39 is 0 Å². The summed E-state index contributed by atoms with van der Waals surface area (Å²) in [5.41, 5.74) is 4.49. The van der Waals surface area contributed by atoms with Crippen LogP contribution >= 0.6 is 0 Å². The lowest BCUT2D eigenvalue weighted by molar-refractivity contribution is 0.584. The third-order valence-corrected chi connectivity index (χ3v) is 3.52. The van der Waals surface area contributed by atoms with E-state index in [1.165, 1.54) is 36.0 Å². The summed E-state index contributed by atoms with van der Waals surface area (Å²) in [6.45, 7) is 0. The minimum Gasteiger partial charge on any atom is -0.265 e. The number of nitrogens with zero attached hydrogens (tertiary/aromatic N) is 1. The topological polar surface area (TPSA) is 12.9 Å². The maximum Gasteiger partial charge on any atom is 0.0270 e. The van der Waals surface area contributed by atoms with Crippen molar-refractivity contribution in [1.29, 1.82) is 0 Å². The summed E-state index contributed by atoms with van der Waals surface area (Å²) >= 11 is 0. The Hall–Kier alpha value is -1.63. The summed E-state index contributed by atoms with van der Waals surface area (Å²) in [5.74, 6) is 0.679. The molecular weight excluding hydrogens is 194 g/mol. The van der Waals surface area contributed by atoms with Gasteiger partial charge in [0, 0.05) is 12.4 Å². The van der Waals surface area contributed by atoms with Crippen molar-refractivity contribution in [2.75, 3.05) is 0 Å². The van der Waals surface area contributed by atoms with Crippen LogP contribution < -0.4 is 0 Å². The van der Waals surface area contributed by atoms with Gasteiger partial charge in [0.05, 0.1) is 0 Å². The van der Waals surface area contributed by atoms with Crippen molar-refractivity contribution in [3.8, 4) is 0 Å². The van der Waals surface area contributed by atoms with Gasteiger partial charge in [0.2, 0.25) is 0 Å². The van der Waals surface area contributed by atoms with Crippen molar-refractivity contribution < 1.29 is 0 Å². The highest BCUT2D eigenvalue weighted by Crippen LogP contribution is 2.31. The molecule has 0 radical (unpaired) electrons. The highest BCUT2D eigenvalue weighted by Gasteiger charge is 2.19. The first kappa shape index (κ1) is 9.59. The lowest BCUT2D eigenvalue weighted by Gasteiger charge is -2.24. The highest BCUT2D eigenvalue weighted by atomic mass is 14.6. The normalized spacial score (nSPS) is 19.1. The third kappa shape index (κ3) is 1.73. The molecule has 0 fully saturated rings. The first-order chi connectivity index (χ1) is 7.93. The van der Waals surface area contributed by atoms with Gasteiger partial charge in [-0.3, -0.25) is 4.98 Å². The number of benzene rings is 1. The average Bonchev–Trinajstić information content (AvgIpc) is 2.39. The molecule has 0 aliphatic heterocycles. The molecule has 16 heavy (non-hydrogen) atoms. The number of hydrogen-bond donors (Lipinski definition) is 0. The van der Waals surface area contributed by atoms with Gasteiger partial charge in [-0.05, 0) is 54.0 Å². The van der Waals surface area contributed by atoms with Crippen LogP contribution in [0.25, 0.3) is 0 Å². The fourth-order valence-corrected chi connectivity index (χ4v) is 2.62. The molecule has 1 heteroatoms. The van der Waals surface area contributed by atoms with Gasteiger partial charge in [-0.1, -0.05) is 24.3 Å². The molecular formula is C15H15N. The summed E-state index contributed by atoms with van der Waals surface area (Å²) in [6.07, 6.45) is 7.45. The molecule has 0 saturated heterocycles. The van der Waals surface area contributed by atoms with Crippen molar-refractivity contribution >= 4 is 0 Å². The number of aryl methyl sites for hydroxylation is 1. The Labute approximate surface area is 96.2 Å². The largest absolute Gasteiger partial charge is 0.265 e. The molecule has 0 bridgehead atoms. The van der Waals surface area contributed by atoms with E-state index in [0.717, 1.165) is 0 Å². The monoisotopic (exact) mass is 209 g/mol. The van der Waals surface area contributed by atoms with Gasteiger partial charge >= 0.3 is 0 Å². The van der Waals surface area contributed by atoms with Crippen LogP contribution in [0.3, 0.4) is 0 Å². The maximum absolute atomic E-state index is 4.08. The molecule has 1 nitrogen and oxygen atoms in total. The van der Waals surface area contributed by atoms with Crippen molar-refractivity contribution in [3.05, 3.63) is 65.5 Å². The summed E-state index contributed by atoms with van der Waals surface area (Å²) in [4.78, 5) is 4.08. The van der Waals surface area contributed by atoms with Gasteiger partial charge < -0.3 is 0 Å². The van der Waals surface area contributed by atoms with Crippen LogP contribution in [0, 0.1) is 0 Å². The number of aromatic nitrogens is 1. The minimum absolute atomic E-state index is 0.679. The standard InChI is InChI=1S/C15H15N/c1-2-4-14-11-15(6-5-12(14)3-1)13-7-9-16-10-8-13/h1-4,7-10,15H,5-6,11H2. The van der Waals surface area contributed by atoms with Crippen molar-refractivity contribution in [1.82, 2.24) is 4.98 Å². The first-order valence-electron chi connectivity index (χ1n) is 5.90. The van der Waals surface area contributed by atoms with Crippen LogP contribution in [0.4, 0.5) is 0 Å². The Morgan fingerprint density at radius 3 is 2.50 bits per heavy atom. The van der Waals surface area contributed by atoms with E-state index in [1.54, 1.807) is 0 Å². The fraction of sp³-hybridized carbons (Fsp3) is 0.267. The Kier molecular flexibility index (Phi) is 2.45. The lowest BCUT2D eigenvalue weighted by Crippen LogP contribution is -2.12. The maximum atomic E-state index is 4.08. The molecule has 0 N–H and O–H groups in total. The first-order valence-corrected chi connectivity index (χ1v) is 5.90. The van der Waals surface area contributed by atoms with Crippen molar-refractivity contribution in [2.24, 2.45) is 0 Å². The molecule has 1 aromatic heterocycles. The van der Waals surface area contributed by atoms with E-state index in [4.69, 9.17) is 0 Å².